The molecule has 19 heavy (non-hydrogen) atoms. The van der Waals surface area contributed by atoms with E-state index >= 15 is 0 Å². The lowest BCUT2D eigenvalue weighted by Gasteiger charge is -2.16. The normalized spacial score (nSPS) is 12.0. The summed E-state index contributed by atoms with van der Waals surface area (Å²) in [6, 6.07) is 5.22. The highest BCUT2D eigenvalue weighted by Gasteiger charge is 2.15. The van der Waals surface area contributed by atoms with Crippen molar-refractivity contribution in [1.29, 1.82) is 0 Å². The van der Waals surface area contributed by atoms with Gasteiger partial charge in [-0.1, -0.05) is 11.6 Å². The standard InChI is InChI=1S/C13H18ClNO4/c1-9-8-11(14)4-5-12(9)19-10(2)13(16)15-18-7-6-17-3/h4-5,8,10H,6-7H2,1-3H3,(H,15,16). The largest absolute Gasteiger partial charge is 0.481 e. The number of ether oxygens (including phenoxy) is 2. The minimum atomic E-state index is -0.664. The van der Waals surface area contributed by atoms with E-state index < -0.39 is 6.10 Å². The van der Waals surface area contributed by atoms with Crippen LogP contribution in [0, 0.1) is 6.92 Å². The Morgan fingerprint density at radius 1 is 1.42 bits per heavy atom. The molecule has 0 spiro atoms. The van der Waals surface area contributed by atoms with Crippen molar-refractivity contribution < 1.29 is 19.1 Å². The Labute approximate surface area is 117 Å². The number of amides is 1. The number of carbonyl (C=O) groups is 1. The number of carbonyl (C=O) groups excluding carboxylic acids is 1. The SMILES string of the molecule is COCCONC(=O)C(C)Oc1ccc(Cl)cc1C. The minimum absolute atomic E-state index is 0.287. The first kappa shape index (κ1) is 15.8. The van der Waals surface area contributed by atoms with Crippen LogP contribution in [0.5, 0.6) is 5.75 Å². The molecule has 0 fully saturated rings. The molecule has 1 aromatic rings. The summed E-state index contributed by atoms with van der Waals surface area (Å²) in [5.41, 5.74) is 3.17. The summed E-state index contributed by atoms with van der Waals surface area (Å²) in [4.78, 5) is 16.6. The molecule has 106 valence electrons. The number of hydrogen-bond donors (Lipinski definition) is 1. The average molecular weight is 288 g/mol. The number of hydrogen-bond acceptors (Lipinski definition) is 4. The van der Waals surface area contributed by atoms with Crippen LogP contribution in [0.25, 0.3) is 0 Å². The third-order valence-electron chi connectivity index (χ3n) is 2.37. The highest BCUT2D eigenvalue weighted by Crippen LogP contribution is 2.22. The molecule has 0 radical (unpaired) electrons. The summed E-state index contributed by atoms with van der Waals surface area (Å²) >= 11 is 5.85. The van der Waals surface area contributed by atoms with Gasteiger partial charge >= 0.3 is 0 Å². The molecule has 6 heteroatoms. The predicted molar refractivity (Wildman–Crippen MR) is 72.2 cm³/mol. The Kier molecular flexibility index (Phi) is 6.62. The fraction of sp³-hybridized carbons (Fsp3) is 0.462. The molecular formula is C13H18ClNO4. The lowest BCUT2D eigenvalue weighted by molar-refractivity contribution is -0.141. The van der Waals surface area contributed by atoms with Crippen LogP contribution in [0.3, 0.4) is 0 Å². The van der Waals surface area contributed by atoms with Crippen LogP contribution in [-0.2, 0) is 14.4 Å². The van der Waals surface area contributed by atoms with Crippen molar-refractivity contribution in [1.82, 2.24) is 5.48 Å². The van der Waals surface area contributed by atoms with Crippen molar-refractivity contribution in [2.24, 2.45) is 0 Å². The van der Waals surface area contributed by atoms with E-state index in [9.17, 15) is 4.79 Å². The van der Waals surface area contributed by atoms with Crippen molar-refractivity contribution in [3.63, 3.8) is 0 Å². The number of aryl methyl sites for hydroxylation is 1. The highest BCUT2D eigenvalue weighted by molar-refractivity contribution is 6.30. The lowest BCUT2D eigenvalue weighted by atomic mass is 10.2. The topological polar surface area (TPSA) is 56.8 Å². The molecule has 1 atom stereocenters. The lowest BCUT2D eigenvalue weighted by Crippen LogP contribution is -2.37. The Morgan fingerprint density at radius 2 is 2.16 bits per heavy atom. The van der Waals surface area contributed by atoms with Gasteiger partial charge in [-0.05, 0) is 37.6 Å². The number of methoxy groups -OCH3 is 1. The number of nitrogens with one attached hydrogen (secondary N) is 1. The summed E-state index contributed by atoms with van der Waals surface area (Å²) in [5, 5.41) is 0.629. The predicted octanol–water partition coefficient (Wildman–Crippen LogP) is 2.11. The fourth-order valence-electron chi connectivity index (χ4n) is 1.32. The zero-order valence-corrected chi connectivity index (χ0v) is 12.0. The smallest absolute Gasteiger partial charge is 0.284 e. The average Bonchev–Trinajstić information content (AvgIpc) is 2.37. The molecule has 1 rings (SSSR count). The second-order valence-corrected chi connectivity index (χ2v) is 4.41. The second-order valence-electron chi connectivity index (χ2n) is 3.98. The van der Waals surface area contributed by atoms with Crippen LogP contribution in [0.4, 0.5) is 0 Å². The molecule has 0 saturated carbocycles. The molecule has 0 aliphatic rings. The van der Waals surface area contributed by atoms with Gasteiger partial charge < -0.3 is 9.47 Å². The summed E-state index contributed by atoms with van der Waals surface area (Å²) < 4.78 is 10.3. The van der Waals surface area contributed by atoms with E-state index in [2.05, 4.69) is 5.48 Å². The zero-order chi connectivity index (χ0) is 14.3. The van der Waals surface area contributed by atoms with E-state index in [0.717, 1.165) is 5.56 Å². The van der Waals surface area contributed by atoms with Crippen LogP contribution in [0.1, 0.15) is 12.5 Å². The Morgan fingerprint density at radius 3 is 2.79 bits per heavy atom. The van der Waals surface area contributed by atoms with Gasteiger partial charge in [0.2, 0.25) is 0 Å². The molecule has 1 aromatic carbocycles. The van der Waals surface area contributed by atoms with Gasteiger partial charge in [-0.2, -0.15) is 0 Å². The third-order valence-corrected chi connectivity index (χ3v) is 2.61. The second kappa shape index (κ2) is 7.99. The summed E-state index contributed by atoms with van der Waals surface area (Å²) in [6.45, 7) is 4.20. The molecule has 0 heterocycles. The molecule has 1 amide bonds. The quantitative estimate of drug-likeness (QED) is 0.616. The van der Waals surface area contributed by atoms with Gasteiger partial charge in [0, 0.05) is 12.1 Å². The van der Waals surface area contributed by atoms with Gasteiger partial charge in [0.1, 0.15) is 5.75 Å². The molecule has 0 aliphatic heterocycles. The van der Waals surface area contributed by atoms with Gasteiger partial charge in [-0.25, -0.2) is 5.48 Å². The van der Waals surface area contributed by atoms with Gasteiger partial charge in [0.25, 0.3) is 5.91 Å². The minimum Gasteiger partial charge on any atom is -0.481 e. The van der Waals surface area contributed by atoms with Crippen LogP contribution < -0.4 is 10.2 Å². The molecule has 1 unspecified atom stereocenters. The zero-order valence-electron chi connectivity index (χ0n) is 11.2. The molecule has 0 bridgehead atoms. The number of benzene rings is 1. The molecule has 5 nitrogen and oxygen atoms in total. The van der Waals surface area contributed by atoms with Crippen LogP contribution in [0.15, 0.2) is 18.2 Å². The number of halogens is 1. The highest BCUT2D eigenvalue weighted by atomic mass is 35.5. The van der Waals surface area contributed by atoms with Gasteiger partial charge in [-0.15, -0.1) is 0 Å². The maximum atomic E-state index is 11.7. The van der Waals surface area contributed by atoms with Gasteiger partial charge in [-0.3, -0.25) is 9.63 Å². The van der Waals surface area contributed by atoms with E-state index in [1.54, 1.807) is 32.2 Å². The Balaban J connectivity index is 2.45. The van der Waals surface area contributed by atoms with Crippen molar-refractivity contribution in [3.8, 4) is 5.75 Å². The Bertz CT molecular complexity index is 425. The first-order chi connectivity index (χ1) is 9.04. The third kappa shape index (κ3) is 5.46. The van der Waals surface area contributed by atoms with Crippen LogP contribution >= 0.6 is 11.6 Å². The monoisotopic (exact) mass is 287 g/mol. The summed E-state index contributed by atoms with van der Waals surface area (Å²) in [6.07, 6.45) is -0.664. The maximum absolute atomic E-state index is 11.7. The van der Waals surface area contributed by atoms with E-state index in [0.29, 0.717) is 17.4 Å². The van der Waals surface area contributed by atoms with Crippen LogP contribution in [-0.4, -0.2) is 32.3 Å². The molecule has 0 aromatic heterocycles. The summed E-state index contributed by atoms with van der Waals surface area (Å²) in [7, 11) is 1.56. The van der Waals surface area contributed by atoms with Crippen molar-refractivity contribution in [2.75, 3.05) is 20.3 Å². The van der Waals surface area contributed by atoms with Gasteiger partial charge in [0.15, 0.2) is 6.10 Å². The van der Waals surface area contributed by atoms with Crippen molar-refractivity contribution >= 4 is 17.5 Å². The Hall–Kier alpha value is -1.30. The van der Waals surface area contributed by atoms with E-state index in [4.69, 9.17) is 25.9 Å². The van der Waals surface area contributed by atoms with Crippen molar-refractivity contribution in [3.05, 3.63) is 28.8 Å². The van der Waals surface area contributed by atoms with Gasteiger partial charge in [0.05, 0.1) is 13.2 Å². The molecular weight excluding hydrogens is 270 g/mol. The molecule has 1 N–H and O–H groups in total. The molecule has 0 saturated heterocycles. The summed E-state index contributed by atoms with van der Waals surface area (Å²) in [5.74, 6) is 0.259. The maximum Gasteiger partial charge on any atom is 0.284 e. The van der Waals surface area contributed by atoms with E-state index in [1.807, 2.05) is 6.92 Å². The first-order valence-electron chi connectivity index (χ1n) is 5.88. The number of rotatable bonds is 7. The van der Waals surface area contributed by atoms with Crippen LogP contribution in [0.2, 0.25) is 5.02 Å². The fourth-order valence-corrected chi connectivity index (χ4v) is 1.55. The molecule has 0 aliphatic carbocycles. The van der Waals surface area contributed by atoms with E-state index in [-0.39, 0.29) is 12.5 Å². The first-order valence-corrected chi connectivity index (χ1v) is 6.25. The van der Waals surface area contributed by atoms with E-state index in [1.165, 1.54) is 0 Å². The van der Waals surface area contributed by atoms with Crippen molar-refractivity contribution in [2.45, 2.75) is 20.0 Å². The number of hydroxylamine groups is 1.